The Bertz CT molecular complexity index is 962. The van der Waals surface area contributed by atoms with Crippen LogP contribution in [0.1, 0.15) is 69.2 Å². The van der Waals surface area contributed by atoms with Gasteiger partial charge in [-0.15, -0.1) is 11.3 Å². The Morgan fingerprint density at radius 1 is 1.27 bits per heavy atom. The molecular formula is C26H36N2O4S. The minimum atomic E-state index is -0.970. The molecule has 1 fully saturated rings. The predicted octanol–water partition coefficient (Wildman–Crippen LogP) is 4.95. The van der Waals surface area contributed by atoms with Gasteiger partial charge in [0.1, 0.15) is 11.6 Å². The summed E-state index contributed by atoms with van der Waals surface area (Å²) in [4.78, 5) is 16.3. The van der Waals surface area contributed by atoms with E-state index in [4.69, 9.17) is 4.74 Å². The van der Waals surface area contributed by atoms with Gasteiger partial charge in [-0.3, -0.25) is 9.69 Å². The van der Waals surface area contributed by atoms with Gasteiger partial charge in [0.2, 0.25) is 0 Å². The first-order valence-corrected chi connectivity index (χ1v) is 12.7. The molecule has 7 heteroatoms. The first kappa shape index (κ1) is 24.2. The number of aliphatic carboxylic acids is 1. The summed E-state index contributed by atoms with van der Waals surface area (Å²) in [6.07, 6.45) is 3.16. The number of thiophene rings is 1. The van der Waals surface area contributed by atoms with Crippen LogP contribution in [0.3, 0.4) is 0 Å². The second kappa shape index (κ2) is 9.37. The molecule has 2 aliphatic rings. The Balaban J connectivity index is 1.60. The number of hydrogen-bond donors (Lipinski definition) is 2. The summed E-state index contributed by atoms with van der Waals surface area (Å²) in [7, 11) is 0. The van der Waals surface area contributed by atoms with Gasteiger partial charge in [0, 0.05) is 12.1 Å². The zero-order chi connectivity index (χ0) is 23.8. The molecule has 0 unspecified atom stereocenters. The quantitative estimate of drug-likeness (QED) is 0.594. The van der Waals surface area contributed by atoms with Gasteiger partial charge in [-0.25, -0.2) is 0 Å². The summed E-state index contributed by atoms with van der Waals surface area (Å²) in [5, 5.41) is 23.6. The number of aliphatic hydroxyl groups is 1. The van der Waals surface area contributed by atoms with E-state index in [0.29, 0.717) is 19.8 Å². The van der Waals surface area contributed by atoms with E-state index < -0.39 is 17.1 Å². The van der Waals surface area contributed by atoms with Gasteiger partial charge in [-0.05, 0) is 69.9 Å². The minimum Gasteiger partial charge on any atom is -0.480 e. The summed E-state index contributed by atoms with van der Waals surface area (Å²) in [5.74, 6) is -0.816. The minimum absolute atomic E-state index is 0.108. The number of anilines is 1. The molecule has 0 radical (unpaired) electrons. The maximum Gasteiger partial charge on any atom is 0.323 e. The summed E-state index contributed by atoms with van der Waals surface area (Å²) in [6.45, 7) is 9.39. The second-order valence-electron chi connectivity index (χ2n) is 10.4. The van der Waals surface area contributed by atoms with Crippen molar-refractivity contribution in [1.29, 1.82) is 0 Å². The Hall–Kier alpha value is -1.93. The number of rotatable bonds is 7. The number of fused-ring (bicyclic) bond motifs is 1. The van der Waals surface area contributed by atoms with Crippen LogP contribution in [0.4, 0.5) is 5.00 Å². The Kier molecular flexibility index (Phi) is 6.87. The lowest BCUT2D eigenvalue weighted by Gasteiger charge is -2.44. The van der Waals surface area contributed by atoms with Crippen molar-refractivity contribution in [1.82, 2.24) is 4.90 Å². The van der Waals surface area contributed by atoms with Crippen LogP contribution >= 0.6 is 11.3 Å². The van der Waals surface area contributed by atoms with Crippen LogP contribution < -0.4 is 4.90 Å². The lowest BCUT2D eigenvalue weighted by molar-refractivity contribution is -0.150. The normalized spacial score (nSPS) is 25.0. The van der Waals surface area contributed by atoms with Crippen LogP contribution in [-0.4, -0.2) is 51.5 Å². The highest BCUT2D eigenvalue weighted by molar-refractivity contribution is 7.14. The highest BCUT2D eigenvalue weighted by Gasteiger charge is 2.40. The number of ether oxygens (including phenoxy) is 1. The molecule has 0 saturated heterocycles. The Morgan fingerprint density at radius 2 is 1.94 bits per heavy atom. The number of aryl methyl sites for hydroxylation is 1. The standard InChI is InChI=1S/C26H36N2O4S/c1-18-16-33-23-21(18)14-28(25(2,3)24(29)30)17-27(23)15-22(19-8-6-5-7-9-19)32-20-10-12-26(4,31)13-11-20/h5-9,16,20,22,31H,10-15,17H2,1-4H3,(H,29,30)/t20?,22-,26?/m0/s1. The highest BCUT2D eigenvalue weighted by atomic mass is 32.1. The second-order valence-corrected chi connectivity index (χ2v) is 11.2. The zero-order valence-corrected chi connectivity index (χ0v) is 20.9. The molecule has 33 heavy (non-hydrogen) atoms. The van der Waals surface area contributed by atoms with Gasteiger partial charge in [0.15, 0.2) is 0 Å². The SMILES string of the molecule is Cc1csc2c1CN(C(C)(C)C(=O)O)CN2C[C@H](OC1CCC(C)(O)CC1)c1ccccc1. The number of hydrogen-bond acceptors (Lipinski definition) is 6. The van der Waals surface area contributed by atoms with Crippen LogP contribution in [0.25, 0.3) is 0 Å². The molecule has 6 nitrogen and oxygen atoms in total. The molecule has 1 aliphatic heterocycles. The van der Waals surface area contributed by atoms with E-state index in [2.05, 4.69) is 29.3 Å². The van der Waals surface area contributed by atoms with Gasteiger partial charge in [0.05, 0.1) is 29.9 Å². The summed E-state index contributed by atoms with van der Waals surface area (Å²) < 4.78 is 6.68. The maximum absolute atomic E-state index is 12.0. The average molecular weight is 473 g/mol. The van der Waals surface area contributed by atoms with Crippen LogP contribution in [0.5, 0.6) is 0 Å². The fourth-order valence-electron chi connectivity index (χ4n) is 4.75. The lowest BCUT2D eigenvalue weighted by Crippen LogP contribution is -2.56. The van der Waals surface area contributed by atoms with Crippen LogP contribution in [-0.2, 0) is 16.1 Å². The predicted molar refractivity (Wildman–Crippen MR) is 132 cm³/mol. The Morgan fingerprint density at radius 3 is 2.58 bits per heavy atom. The highest BCUT2D eigenvalue weighted by Crippen LogP contribution is 2.40. The maximum atomic E-state index is 12.0. The molecule has 2 aromatic rings. The summed E-state index contributed by atoms with van der Waals surface area (Å²) in [5.41, 5.74) is 1.97. The molecule has 0 spiro atoms. The zero-order valence-electron chi connectivity index (χ0n) is 20.1. The molecule has 0 bridgehead atoms. The van der Waals surface area contributed by atoms with Crippen molar-refractivity contribution in [3.63, 3.8) is 0 Å². The van der Waals surface area contributed by atoms with Crippen molar-refractivity contribution in [2.45, 2.75) is 83.3 Å². The molecule has 1 saturated carbocycles. The molecule has 0 amide bonds. The van der Waals surface area contributed by atoms with Crippen molar-refractivity contribution >= 4 is 22.3 Å². The van der Waals surface area contributed by atoms with Gasteiger partial charge in [-0.1, -0.05) is 30.3 Å². The van der Waals surface area contributed by atoms with Crippen LogP contribution in [0.2, 0.25) is 0 Å². The van der Waals surface area contributed by atoms with Crippen LogP contribution in [0.15, 0.2) is 35.7 Å². The smallest absolute Gasteiger partial charge is 0.323 e. The van der Waals surface area contributed by atoms with Gasteiger partial charge < -0.3 is 19.8 Å². The van der Waals surface area contributed by atoms with Crippen molar-refractivity contribution in [3.8, 4) is 0 Å². The van der Waals surface area contributed by atoms with Crippen molar-refractivity contribution in [3.05, 3.63) is 52.4 Å². The third kappa shape index (κ3) is 5.27. The third-order valence-corrected chi connectivity index (χ3v) is 8.50. The number of carboxylic acids is 1. The summed E-state index contributed by atoms with van der Waals surface area (Å²) in [6, 6.07) is 10.3. The average Bonchev–Trinajstić information content (AvgIpc) is 3.16. The van der Waals surface area contributed by atoms with Crippen molar-refractivity contribution < 1.29 is 19.7 Å². The fraction of sp³-hybridized carbons (Fsp3) is 0.577. The lowest BCUT2D eigenvalue weighted by atomic mass is 9.85. The van der Waals surface area contributed by atoms with E-state index >= 15 is 0 Å². The molecule has 1 aromatic carbocycles. The van der Waals surface area contributed by atoms with E-state index in [1.807, 2.05) is 30.0 Å². The number of nitrogens with zero attached hydrogens (tertiary/aromatic N) is 2. The molecule has 1 atom stereocenters. The largest absolute Gasteiger partial charge is 0.480 e. The molecular weight excluding hydrogens is 436 g/mol. The van der Waals surface area contributed by atoms with E-state index in [0.717, 1.165) is 31.2 Å². The summed E-state index contributed by atoms with van der Waals surface area (Å²) >= 11 is 1.73. The van der Waals surface area contributed by atoms with Crippen LogP contribution in [0, 0.1) is 6.92 Å². The molecule has 1 aromatic heterocycles. The first-order valence-electron chi connectivity index (χ1n) is 11.8. The number of benzene rings is 1. The van der Waals surface area contributed by atoms with Gasteiger partial charge in [-0.2, -0.15) is 0 Å². The number of carbonyl (C=O) groups is 1. The Labute approximate surface area is 200 Å². The molecule has 2 N–H and O–H groups in total. The van der Waals surface area contributed by atoms with E-state index in [9.17, 15) is 15.0 Å². The third-order valence-electron chi connectivity index (χ3n) is 7.30. The first-order chi connectivity index (χ1) is 15.6. The van der Waals surface area contributed by atoms with E-state index in [1.54, 1.807) is 25.2 Å². The molecule has 1 aliphatic carbocycles. The van der Waals surface area contributed by atoms with E-state index in [1.165, 1.54) is 16.1 Å². The van der Waals surface area contributed by atoms with E-state index in [-0.39, 0.29) is 12.2 Å². The molecule has 4 rings (SSSR count). The molecule has 180 valence electrons. The van der Waals surface area contributed by atoms with Gasteiger partial charge >= 0.3 is 5.97 Å². The number of carboxylic acid groups (broad SMARTS) is 1. The molecule has 2 heterocycles. The van der Waals surface area contributed by atoms with Crippen molar-refractivity contribution in [2.75, 3.05) is 18.1 Å². The van der Waals surface area contributed by atoms with Gasteiger partial charge in [0.25, 0.3) is 0 Å². The monoisotopic (exact) mass is 472 g/mol. The topological polar surface area (TPSA) is 73.2 Å². The fourth-order valence-corrected chi connectivity index (χ4v) is 5.83. The van der Waals surface area contributed by atoms with Crippen molar-refractivity contribution in [2.24, 2.45) is 0 Å².